The topological polar surface area (TPSA) is 26.3 Å². The van der Waals surface area contributed by atoms with E-state index < -0.39 is 0 Å². The minimum atomic E-state index is -0.308. The average molecular weight is 164 g/mol. The lowest BCUT2D eigenvalue weighted by Gasteiger charge is -1.97. The molecule has 0 amide bonds. The molecule has 0 atom stereocenters. The van der Waals surface area contributed by atoms with Gasteiger partial charge in [0.1, 0.15) is 0 Å². The Morgan fingerprint density at radius 1 is 1.78 bits per heavy atom. The fourth-order valence-electron chi connectivity index (χ4n) is 0.335. The van der Waals surface area contributed by atoms with Crippen molar-refractivity contribution >= 4 is 35.0 Å². The van der Waals surface area contributed by atoms with E-state index in [1.54, 1.807) is 6.92 Å². The van der Waals surface area contributed by atoms with Gasteiger partial charge in [0.2, 0.25) is 0 Å². The maximum Gasteiger partial charge on any atom is 0.311 e. The van der Waals surface area contributed by atoms with Gasteiger partial charge in [-0.3, -0.25) is 4.79 Å². The van der Waals surface area contributed by atoms with E-state index in [1.807, 2.05) is 0 Å². The maximum atomic E-state index is 10.5. The number of carbonyl (C=O) groups is 1. The molecule has 0 fully saturated rings. The van der Waals surface area contributed by atoms with Gasteiger partial charge in [-0.05, 0) is 6.92 Å². The Kier molecular flexibility index (Phi) is 4.71. The van der Waals surface area contributed by atoms with Gasteiger partial charge in [-0.15, -0.1) is 12.6 Å². The molecule has 0 aliphatic heterocycles. The fraction of sp³-hybridized carbons (Fsp3) is 0.600. The molecule has 52 valence electrons. The molecule has 4 heteroatoms. The normalized spacial score (nSPS) is 8.67. The third-order valence-electron chi connectivity index (χ3n) is 0.601. The maximum absolute atomic E-state index is 10.5. The zero-order valence-corrected chi connectivity index (χ0v) is 6.80. The lowest BCUT2D eigenvalue weighted by molar-refractivity contribution is -0.141. The Morgan fingerprint density at radius 3 is 2.67 bits per heavy atom. The Bertz CT molecular complexity index is 122. The first-order chi connectivity index (χ1) is 4.16. The van der Waals surface area contributed by atoms with E-state index in [-0.39, 0.29) is 12.4 Å². The second kappa shape index (κ2) is 4.76. The Hall–Kier alpha value is -0.0900. The third kappa shape index (κ3) is 5.79. The lowest BCUT2D eigenvalue weighted by atomic mass is 10.5. The molecule has 0 bridgehead atoms. The van der Waals surface area contributed by atoms with Crippen LogP contribution in [-0.4, -0.2) is 16.8 Å². The molecule has 0 heterocycles. The van der Waals surface area contributed by atoms with Gasteiger partial charge in [0.15, 0.2) is 0 Å². The summed E-state index contributed by atoms with van der Waals surface area (Å²) >= 11 is 8.31. The quantitative estimate of drug-likeness (QED) is 0.385. The van der Waals surface area contributed by atoms with Crippen LogP contribution in [-0.2, 0) is 9.53 Å². The average Bonchev–Trinajstić information content (AvgIpc) is 1.63. The van der Waals surface area contributed by atoms with Gasteiger partial charge in [-0.2, -0.15) is 0 Å². The van der Waals surface area contributed by atoms with Gasteiger partial charge in [0.05, 0.1) is 17.2 Å². The van der Waals surface area contributed by atoms with Gasteiger partial charge in [-0.1, -0.05) is 12.2 Å². The van der Waals surface area contributed by atoms with Crippen LogP contribution >= 0.6 is 24.8 Å². The van der Waals surface area contributed by atoms with Gasteiger partial charge in [-0.25, -0.2) is 0 Å². The minimum Gasteiger partial charge on any atom is -0.466 e. The molecule has 0 aromatic rings. The molecule has 0 saturated heterocycles. The van der Waals surface area contributed by atoms with E-state index in [4.69, 9.17) is 0 Å². The van der Waals surface area contributed by atoms with Crippen LogP contribution in [0.5, 0.6) is 0 Å². The van der Waals surface area contributed by atoms with Gasteiger partial charge in [0, 0.05) is 0 Å². The summed E-state index contributed by atoms with van der Waals surface area (Å²) in [5.41, 5.74) is 0. The molecule has 0 radical (unpaired) electrons. The fourth-order valence-corrected chi connectivity index (χ4v) is 0.582. The molecule has 0 unspecified atom stereocenters. The minimum absolute atomic E-state index is 0.131. The molecule has 0 aromatic carbocycles. The van der Waals surface area contributed by atoms with Crippen LogP contribution in [0.25, 0.3) is 0 Å². The van der Waals surface area contributed by atoms with Gasteiger partial charge in [0.25, 0.3) is 0 Å². The highest BCUT2D eigenvalue weighted by Gasteiger charge is 2.01. The molecule has 0 rings (SSSR count). The van der Waals surface area contributed by atoms with E-state index in [0.29, 0.717) is 10.8 Å². The first-order valence-corrected chi connectivity index (χ1v) is 3.39. The first-order valence-electron chi connectivity index (χ1n) is 2.54. The van der Waals surface area contributed by atoms with Crippen LogP contribution in [0.1, 0.15) is 13.3 Å². The standard InChI is InChI=1S/C5H8O2S2/c1-2-7-4(6)3-5(8)9/h2-3H2,1H3,(H,8,9). The predicted octanol–water partition coefficient (Wildman–Crippen LogP) is 1.20. The molecule has 0 spiro atoms. The van der Waals surface area contributed by atoms with E-state index in [2.05, 4.69) is 29.6 Å². The number of thiocarbonyl (C=S) groups is 1. The Morgan fingerprint density at radius 2 is 2.33 bits per heavy atom. The zero-order chi connectivity index (χ0) is 7.28. The number of esters is 1. The van der Waals surface area contributed by atoms with Gasteiger partial charge >= 0.3 is 5.97 Å². The van der Waals surface area contributed by atoms with Crippen LogP contribution in [0.4, 0.5) is 0 Å². The van der Waals surface area contributed by atoms with Crippen molar-refractivity contribution in [3.63, 3.8) is 0 Å². The van der Waals surface area contributed by atoms with Crippen molar-refractivity contribution in [1.29, 1.82) is 0 Å². The number of ether oxygens (including phenoxy) is 1. The van der Waals surface area contributed by atoms with E-state index in [1.165, 1.54) is 0 Å². The van der Waals surface area contributed by atoms with Crippen molar-refractivity contribution in [1.82, 2.24) is 0 Å². The Balaban J connectivity index is 3.39. The summed E-state index contributed by atoms with van der Waals surface area (Å²) < 4.78 is 4.95. The van der Waals surface area contributed by atoms with Crippen LogP contribution < -0.4 is 0 Å². The second-order valence-corrected chi connectivity index (χ2v) is 2.71. The third-order valence-corrected chi connectivity index (χ3v) is 0.903. The highest BCUT2D eigenvalue weighted by atomic mass is 32.1. The van der Waals surface area contributed by atoms with Crippen LogP contribution in [0.2, 0.25) is 0 Å². The SMILES string of the molecule is CCOC(=O)CC(=S)S. The van der Waals surface area contributed by atoms with E-state index in [9.17, 15) is 4.79 Å². The van der Waals surface area contributed by atoms with Crippen molar-refractivity contribution in [2.75, 3.05) is 6.61 Å². The summed E-state index contributed by atoms with van der Waals surface area (Å²) in [6.45, 7) is 2.15. The molecule has 0 aromatic heterocycles. The predicted molar refractivity (Wildman–Crippen MR) is 42.8 cm³/mol. The van der Waals surface area contributed by atoms with E-state index >= 15 is 0 Å². The van der Waals surface area contributed by atoms with Gasteiger partial charge < -0.3 is 4.74 Å². The zero-order valence-electron chi connectivity index (χ0n) is 5.09. The number of rotatable bonds is 3. The summed E-state index contributed by atoms with van der Waals surface area (Å²) in [5.74, 6) is -0.308. The van der Waals surface area contributed by atoms with Crippen molar-refractivity contribution in [3.8, 4) is 0 Å². The number of hydrogen-bond acceptors (Lipinski definition) is 3. The molecule has 2 nitrogen and oxygen atoms in total. The molecule has 0 aliphatic carbocycles. The number of thiol groups is 1. The smallest absolute Gasteiger partial charge is 0.311 e. The van der Waals surface area contributed by atoms with Crippen molar-refractivity contribution in [3.05, 3.63) is 0 Å². The molecule has 0 saturated carbocycles. The first kappa shape index (κ1) is 8.91. The molecule has 0 aliphatic rings. The molecule has 9 heavy (non-hydrogen) atoms. The van der Waals surface area contributed by atoms with Crippen LogP contribution in [0.3, 0.4) is 0 Å². The summed E-state index contributed by atoms with van der Waals surface area (Å²) in [5, 5.41) is 0. The van der Waals surface area contributed by atoms with E-state index in [0.717, 1.165) is 0 Å². The molecular formula is C5H8O2S2. The van der Waals surface area contributed by atoms with Crippen molar-refractivity contribution in [2.45, 2.75) is 13.3 Å². The lowest BCUT2D eigenvalue weighted by Crippen LogP contribution is -2.05. The summed E-state index contributed by atoms with van der Waals surface area (Å²) in [7, 11) is 0. The molecule has 0 N–H and O–H groups in total. The molecular weight excluding hydrogens is 156 g/mol. The highest BCUT2D eigenvalue weighted by Crippen LogP contribution is 1.93. The Labute approximate surface area is 65.0 Å². The van der Waals surface area contributed by atoms with Crippen molar-refractivity contribution in [2.24, 2.45) is 0 Å². The van der Waals surface area contributed by atoms with Crippen molar-refractivity contribution < 1.29 is 9.53 Å². The number of hydrogen-bond donors (Lipinski definition) is 1. The second-order valence-electron chi connectivity index (χ2n) is 1.38. The largest absolute Gasteiger partial charge is 0.466 e. The summed E-state index contributed by atoms with van der Waals surface area (Å²) in [6, 6.07) is 0. The van der Waals surface area contributed by atoms with Crippen LogP contribution in [0.15, 0.2) is 0 Å². The monoisotopic (exact) mass is 164 g/mol. The number of carbonyl (C=O) groups excluding carboxylic acids is 1. The summed E-state index contributed by atoms with van der Waals surface area (Å²) in [6.07, 6.45) is 0.131. The summed E-state index contributed by atoms with van der Waals surface area (Å²) in [4.78, 5) is 10.5. The van der Waals surface area contributed by atoms with Crippen LogP contribution in [0, 0.1) is 0 Å². The highest BCUT2D eigenvalue weighted by molar-refractivity contribution is 8.11.